The third kappa shape index (κ3) is 4.03. The van der Waals surface area contributed by atoms with E-state index < -0.39 is 0 Å². The Morgan fingerprint density at radius 1 is 1.20 bits per heavy atom. The van der Waals surface area contributed by atoms with Gasteiger partial charge in [0.25, 0.3) is 0 Å². The van der Waals surface area contributed by atoms with Gasteiger partial charge in [-0.2, -0.15) is 0 Å². The second-order valence-corrected chi connectivity index (χ2v) is 7.59. The van der Waals surface area contributed by atoms with Crippen LogP contribution >= 0.6 is 11.3 Å². The number of methoxy groups -OCH3 is 1. The molecule has 0 aliphatic carbocycles. The summed E-state index contributed by atoms with van der Waals surface area (Å²) >= 11 is 1.79. The maximum Gasteiger partial charge on any atom is 0.125 e. The summed E-state index contributed by atoms with van der Waals surface area (Å²) in [6.45, 7) is 15.1. The van der Waals surface area contributed by atoms with Gasteiger partial charge in [0.15, 0.2) is 0 Å². The van der Waals surface area contributed by atoms with Crippen LogP contribution in [0.25, 0.3) is 0 Å². The Morgan fingerprint density at radius 3 is 2.30 bits per heavy atom. The molecule has 1 unspecified atom stereocenters. The van der Waals surface area contributed by atoms with Crippen LogP contribution in [0.3, 0.4) is 0 Å². The van der Waals surface area contributed by atoms with Crippen molar-refractivity contribution >= 4 is 11.3 Å². The lowest BCUT2D eigenvalue weighted by molar-refractivity contribution is -0.00174. The van der Waals surface area contributed by atoms with Crippen molar-refractivity contribution < 1.29 is 4.74 Å². The van der Waals surface area contributed by atoms with Gasteiger partial charge in [-0.05, 0) is 26.3 Å². The Hall–Kier alpha value is -0.450. The first kappa shape index (κ1) is 17.6. The summed E-state index contributed by atoms with van der Waals surface area (Å²) in [6, 6.07) is 0. The Balaban J connectivity index is 3.12. The average Bonchev–Trinajstić information content (AvgIpc) is 2.83. The van der Waals surface area contributed by atoms with Gasteiger partial charge >= 0.3 is 0 Å². The molecule has 1 aromatic rings. The van der Waals surface area contributed by atoms with Crippen molar-refractivity contribution in [2.75, 3.05) is 13.7 Å². The molecule has 0 amide bonds. The van der Waals surface area contributed by atoms with Crippen molar-refractivity contribution in [3.8, 4) is 0 Å². The molecule has 0 bridgehead atoms. The average molecular weight is 298 g/mol. The zero-order valence-electron chi connectivity index (χ0n) is 14.1. The van der Waals surface area contributed by atoms with Gasteiger partial charge in [-0.15, -0.1) is 11.3 Å². The molecule has 1 aromatic heterocycles. The fourth-order valence-corrected chi connectivity index (χ4v) is 3.48. The van der Waals surface area contributed by atoms with Crippen molar-refractivity contribution in [3.63, 3.8) is 0 Å². The number of aromatic nitrogens is 1. The van der Waals surface area contributed by atoms with Gasteiger partial charge in [0, 0.05) is 23.9 Å². The molecule has 0 aliphatic heterocycles. The number of hydrogen-bond acceptors (Lipinski definition) is 4. The number of nitrogens with one attached hydrogen (secondary N) is 1. The highest BCUT2D eigenvalue weighted by molar-refractivity contribution is 7.11. The molecule has 1 atom stereocenters. The van der Waals surface area contributed by atoms with Crippen LogP contribution in [0.1, 0.15) is 70.0 Å². The van der Waals surface area contributed by atoms with Crippen LogP contribution in [-0.2, 0) is 22.3 Å². The van der Waals surface area contributed by atoms with Gasteiger partial charge in [-0.1, -0.05) is 34.6 Å². The first-order valence-electron chi connectivity index (χ1n) is 7.55. The molecular weight excluding hydrogens is 268 g/mol. The highest BCUT2D eigenvalue weighted by atomic mass is 32.1. The predicted octanol–water partition coefficient (Wildman–Crippen LogP) is 4.21. The zero-order valence-corrected chi connectivity index (χ0v) is 14.9. The van der Waals surface area contributed by atoms with Crippen LogP contribution in [0.4, 0.5) is 0 Å². The van der Waals surface area contributed by atoms with Gasteiger partial charge < -0.3 is 10.1 Å². The van der Waals surface area contributed by atoms with Gasteiger partial charge in [-0.25, -0.2) is 4.98 Å². The molecule has 0 aromatic carbocycles. The minimum Gasteiger partial charge on any atom is -0.371 e. The van der Waals surface area contributed by atoms with E-state index in [9.17, 15) is 0 Å². The minimum absolute atomic E-state index is 0.0698. The summed E-state index contributed by atoms with van der Waals surface area (Å²) in [5.74, 6) is 0. The van der Waals surface area contributed by atoms with Crippen molar-refractivity contribution in [3.05, 3.63) is 15.6 Å². The van der Waals surface area contributed by atoms with Crippen LogP contribution < -0.4 is 5.32 Å². The molecule has 1 rings (SSSR count). The summed E-state index contributed by atoms with van der Waals surface area (Å²) in [7, 11) is 1.77. The van der Waals surface area contributed by atoms with Crippen LogP contribution in [0, 0.1) is 0 Å². The van der Waals surface area contributed by atoms with Crippen LogP contribution in [-0.4, -0.2) is 18.6 Å². The van der Waals surface area contributed by atoms with Crippen LogP contribution in [0.15, 0.2) is 0 Å². The van der Waals surface area contributed by atoms with Crippen molar-refractivity contribution in [2.45, 2.75) is 71.9 Å². The number of rotatable bonds is 7. The fraction of sp³-hybridized carbons (Fsp3) is 0.812. The topological polar surface area (TPSA) is 34.1 Å². The van der Waals surface area contributed by atoms with E-state index in [1.165, 1.54) is 10.6 Å². The van der Waals surface area contributed by atoms with Crippen molar-refractivity contribution in [1.82, 2.24) is 10.3 Å². The molecule has 0 aliphatic rings. The molecule has 0 saturated carbocycles. The highest BCUT2D eigenvalue weighted by Crippen LogP contribution is 2.37. The highest BCUT2D eigenvalue weighted by Gasteiger charge is 2.32. The Kier molecular flexibility index (Phi) is 6.17. The maximum absolute atomic E-state index is 5.71. The zero-order chi connectivity index (χ0) is 15.4. The lowest BCUT2D eigenvalue weighted by atomic mass is 9.91. The maximum atomic E-state index is 5.71. The molecular formula is C16H30N2OS. The second-order valence-electron chi connectivity index (χ2n) is 6.51. The lowest BCUT2D eigenvalue weighted by Crippen LogP contribution is -2.23. The summed E-state index contributed by atoms with van der Waals surface area (Å²) in [5, 5.41) is 4.59. The third-order valence-electron chi connectivity index (χ3n) is 3.70. The van der Waals surface area contributed by atoms with E-state index in [1.807, 2.05) is 0 Å². The Bertz CT molecular complexity index is 417. The number of thiazole rings is 1. The molecule has 20 heavy (non-hydrogen) atoms. The van der Waals surface area contributed by atoms with Gasteiger partial charge in [0.05, 0.1) is 5.69 Å². The number of ether oxygens (including phenoxy) is 1. The van der Waals surface area contributed by atoms with E-state index in [-0.39, 0.29) is 11.0 Å². The lowest BCUT2D eigenvalue weighted by Gasteiger charge is -2.24. The quantitative estimate of drug-likeness (QED) is 0.766. The third-order valence-corrected chi connectivity index (χ3v) is 5.00. The van der Waals surface area contributed by atoms with E-state index in [0.29, 0.717) is 0 Å². The molecule has 0 spiro atoms. The molecule has 0 fully saturated rings. The molecule has 1 heterocycles. The van der Waals surface area contributed by atoms with E-state index in [0.717, 1.165) is 30.9 Å². The summed E-state index contributed by atoms with van der Waals surface area (Å²) in [4.78, 5) is 6.27. The van der Waals surface area contributed by atoms with E-state index in [2.05, 4.69) is 46.9 Å². The summed E-state index contributed by atoms with van der Waals surface area (Å²) in [6.07, 6.45) is 2.09. The van der Waals surface area contributed by atoms with Crippen molar-refractivity contribution in [2.24, 2.45) is 0 Å². The van der Waals surface area contributed by atoms with E-state index in [1.54, 1.807) is 18.4 Å². The molecule has 1 N–H and O–H groups in total. The normalized spacial score (nSPS) is 15.3. The second kappa shape index (κ2) is 7.01. The molecule has 0 radical (unpaired) electrons. The minimum atomic E-state index is -0.270. The Morgan fingerprint density at radius 2 is 1.85 bits per heavy atom. The van der Waals surface area contributed by atoms with Crippen molar-refractivity contribution in [1.29, 1.82) is 0 Å². The van der Waals surface area contributed by atoms with E-state index in [4.69, 9.17) is 9.72 Å². The van der Waals surface area contributed by atoms with Gasteiger partial charge in [-0.3, -0.25) is 0 Å². The van der Waals surface area contributed by atoms with Gasteiger partial charge in [0.1, 0.15) is 10.6 Å². The molecule has 0 saturated heterocycles. The summed E-state index contributed by atoms with van der Waals surface area (Å²) < 4.78 is 5.71. The molecule has 3 nitrogen and oxygen atoms in total. The smallest absolute Gasteiger partial charge is 0.125 e. The fourth-order valence-electron chi connectivity index (χ4n) is 2.05. The monoisotopic (exact) mass is 298 g/mol. The van der Waals surface area contributed by atoms with E-state index >= 15 is 0 Å². The van der Waals surface area contributed by atoms with Crippen LogP contribution in [0.5, 0.6) is 0 Å². The predicted molar refractivity (Wildman–Crippen MR) is 87.5 cm³/mol. The molecule has 4 heteroatoms. The summed E-state index contributed by atoms with van der Waals surface area (Å²) in [5.41, 5.74) is 1.01. The van der Waals surface area contributed by atoms with Crippen LogP contribution in [0.2, 0.25) is 0 Å². The number of nitrogens with zero attached hydrogens (tertiary/aromatic N) is 1. The number of hydrogen-bond donors (Lipinski definition) is 1. The first-order chi connectivity index (χ1) is 9.28. The Labute approximate surface area is 128 Å². The largest absolute Gasteiger partial charge is 0.371 e. The standard InChI is InChI=1S/C16H30N2OS/c1-8-10-17-11-12-13(15(3,4)5)18-14(20-12)16(6,9-2)19-7/h17H,8-11H2,1-7H3. The van der Waals surface area contributed by atoms with Gasteiger partial charge in [0.2, 0.25) is 0 Å². The SMILES string of the molecule is CCCNCc1sc(C(C)(CC)OC)nc1C(C)(C)C. The molecule has 116 valence electrons. The first-order valence-corrected chi connectivity index (χ1v) is 8.36.